The van der Waals surface area contributed by atoms with E-state index in [1.807, 2.05) is 19.9 Å². The van der Waals surface area contributed by atoms with E-state index in [0.29, 0.717) is 0 Å². The number of rotatable bonds is 3. The fourth-order valence-corrected chi connectivity index (χ4v) is 1.22. The van der Waals surface area contributed by atoms with Crippen LogP contribution in [-0.2, 0) is 0 Å². The highest BCUT2D eigenvalue weighted by atomic mass is 16.6. The first-order valence-corrected chi connectivity index (χ1v) is 4.46. The Bertz CT molecular complexity index is 370. The van der Waals surface area contributed by atoms with E-state index in [4.69, 9.17) is 0 Å². The SMILES string of the molecule is C=Cc1cc(C(C)C)cc([N+](=O)[O-])c1. The van der Waals surface area contributed by atoms with Crippen LogP contribution in [0.3, 0.4) is 0 Å². The van der Waals surface area contributed by atoms with E-state index in [0.717, 1.165) is 11.1 Å². The van der Waals surface area contributed by atoms with E-state index in [-0.39, 0.29) is 16.5 Å². The van der Waals surface area contributed by atoms with Crippen molar-refractivity contribution in [1.82, 2.24) is 0 Å². The molecule has 74 valence electrons. The van der Waals surface area contributed by atoms with Crippen LogP contribution in [0, 0.1) is 10.1 Å². The van der Waals surface area contributed by atoms with Crippen LogP contribution >= 0.6 is 0 Å². The second-order valence-corrected chi connectivity index (χ2v) is 3.47. The highest BCUT2D eigenvalue weighted by molar-refractivity contribution is 5.54. The lowest BCUT2D eigenvalue weighted by atomic mass is 10.00. The molecule has 0 aromatic heterocycles. The summed E-state index contributed by atoms with van der Waals surface area (Å²) < 4.78 is 0. The second kappa shape index (κ2) is 4.05. The highest BCUT2D eigenvalue weighted by Gasteiger charge is 2.10. The lowest BCUT2D eigenvalue weighted by molar-refractivity contribution is -0.384. The van der Waals surface area contributed by atoms with Gasteiger partial charge in [-0.05, 0) is 17.0 Å². The monoisotopic (exact) mass is 191 g/mol. The van der Waals surface area contributed by atoms with Crippen LogP contribution in [0.1, 0.15) is 30.9 Å². The fourth-order valence-electron chi connectivity index (χ4n) is 1.22. The van der Waals surface area contributed by atoms with Crippen molar-refractivity contribution in [2.24, 2.45) is 0 Å². The normalized spacial score (nSPS) is 10.2. The van der Waals surface area contributed by atoms with Gasteiger partial charge in [-0.15, -0.1) is 0 Å². The van der Waals surface area contributed by atoms with Gasteiger partial charge >= 0.3 is 0 Å². The van der Waals surface area contributed by atoms with Crippen LogP contribution in [0.25, 0.3) is 6.08 Å². The maximum atomic E-state index is 10.6. The lowest BCUT2D eigenvalue weighted by Crippen LogP contribution is -1.93. The molecular formula is C11H13NO2. The molecule has 1 aromatic carbocycles. The van der Waals surface area contributed by atoms with E-state index >= 15 is 0 Å². The molecular weight excluding hydrogens is 178 g/mol. The third-order valence-electron chi connectivity index (χ3n) is 2.08. The first kappa shape index (κ1) is 10.4. The average molecular weight is 191 g/mol. The van der Waals surface area contributed by atoms with Gasteiger partial charge in [0.2, 0.25) is 0 Å². The summed E-state index contributed by atoms with van der Waals surface area (Å²) in [5.41, 5.74) is 1.89. The maximum Gasteiger partial charge on any atom is 0.270 e. The van der Waals surface area contributed by atoms with Crippen molar-refractivity contribution >= 4 is 11.8 Å². The topological polar surface area (TPSA) is 43.1 Å². The van der Waals surface area contributed by atoms with Crippen LogP contribution in [0.2, 0.25) is 0 Å². The number of hydrogen-bond donors (Lipinski definition) is 0. The van der Waals surface area contributed by atoms with E-state index in [9.17, 15) is 10.1 Å². The molecule has 0 atom stereocenters. The summed E-state index contributed by atoms with van der Waals surface area (Å²) in [5, 5.41) is 10.6. The van der Waals surface area contributed by atoms with E-state index < -0.39 is 0 Å². The molecule has 0 bridgehead atoms. The number of nitro groups is 1. The summed E-state index contributed by atoms with van der Waals surface area (Å²) >= 11 is 0. The van der Waals surface area contributed by atoms with Gasteiger partial charge in [-0.3, -0.25) is 10.1 Å². The summed E-state index contributed by atoms with van der Waals surface area (Å²) in [6.07, 6.45) is 1.62. The molecule has 3 nitrogen and oxygen atoms in total. The molecule has 0 N–H and O–H groups in total. The van der Waals surface area contributed by atoms with Crippen molar-refractivity contribution < 1.29 is 4.92 Å². The standard InChI is InChI=1S/C11H13NO2/c1-4-9-5-10(8(2)3)7-11(6-9)12(13)14/h4-8H,1H2,2-3H3. The fraction of sp³-hybridized carbons (Fsp3) is 0.273. The van der Waals surface area contributed by atoms with Gasteiger partial charge in [0.15, 0.2) is 0 Å². The molecule has 0 fully saturated rings. The number of hydrogen-bond acceptors (Lipinski definition) is 2. The predicted octanol–water partition coefficient (Wildman–Crippen LogP) is 3.36. The maximum absolute atomic E-state index is 10.6. The largest absolute Gasteiger partial charge is 0.270 e. The smallest absolute Gasteiger partial charge is 0.258 e. The van der Waals surface area contributed by atoms with Crippen molar-refractivity contribution in [2.75, 3.05) is 0 Å². The van der Waals surface area contributed by atoms with Crippen molar-refractivity contribution in [1.29, 1.82) is 0 Å². The van der Waals surface area contributed by atoms with Crippen molar-refractivity contribution in [3.05, 3.63) is 46.0 Å². The van der Waals surface area contributed by atoms with Gasteiger partial charge < -0.3 is 0 Å². The zero-order valence-electron chi connectivity index (χ0n) is 8.36. The molecule has 1 aromatic rings. The first-order valence-electron chi connectivity index (χ1n) is 4.46. The first-order chi connectivity index (χ1) is 6.54. The van der Waals surface area contributed by atoms with Crippen molar-refractivity contribution in [3.8, 4) is 0 Å². The van der Waals surface area contributed by atoms with Crippen LogP contribution in [0.15, 0.2) is 24.8 Å². The van der Waals surface area contributed by atoms with Gasteiger partial charge in [0.25, 0.3) is 5.69 Å². The molecule has 0 unspecified atom stereocenters. The van der Waals surface area contributed by atoms with Crippen LogP contribution in [-0.4, -0.2) is 4.92 Å². The van der Waals surface area contributed by atoms with E-state index in [1.165, 1.54) is 6.07 Å². The van der Waals surface area contributed by atoms with Gasteiger partial charge in [0.05, 0.1) is 4.92 Å². The van der Waals surface area contributed by atoms with Gasteiger partial charge in [-0.1, -0.05) is 32.6 Å². The van der Waals surface area contributed by atoms with Gasteiger partial charge in [-0.25, -0.2) is 0 Å². The summed E-state index contributed by atoms with van der Waals surface area (Å²) in [5.74, 6) is 0.286. The minimum Gasteiger partial charge on any atom is -0.258 e. The predicted molar refractivity (Wildman–Crippen MR) is 57.3 cm³/mol. The Labute approximate surface area is 83.2 Å². The Morgan fingerprint density at radius 1 is 1.43 bits per heavy atom. The quantitative estimate of drug-likeness (QED) is 0.543. The highest BCUT2D eigenvalue weighted by Crippen LogP contribution is 2.23. The number of nitrogens with zero attached hydrogens (tertiary/aromatic N) is 1. The molecule has 0 saturated carbocycles. The molecule has 0 aliphatic heterocycles. The van der Waals surface area contributed by atoms with Crippen LogP contribution in [0.4, 0.5) is 5.69 Å². The summed E-state index contributed by atoms with van der Waals surface area (Å²) in [6.45, 7) is 7.62. The Balaban J connectivity index is 3.27. The van der Waals surface area contributed by atoms with Crippen LogP contribution < -0.4 is 0 Å². The molecule has 3 heteroatoms. The average Bonchev–Trinajstić information content (AvgIpc) is 2.16. The summed E-state index contributed by atoms with van der Waals surface area (Å²) in [6, 6.07) is 5.06. The lowest BCUT2D eigenvalue weighted by Gasteiger charge is -2.06. The molecule has 0 aliphatic rings. The Morgan fingerprint density at radius 3 is 2.50 bits per heavy atom. The third-order valence-corrected chi connectivity index (χ3v) is 2.08. The third kappa shape index (κ3) is 2.19. The molecule has 0 amide bonds. The minimum atomic E-state index is -0.376. The van der Waals surface area contributed by atoms with Crippen molar-refractivity contribution in [2.45, 2.75) is 19.8 Å². The number of benzene rings is 1. The molecule has 0 heterocycles. The van der Waals surface area contributed by atoms with Crippen molar-refractivity contribution in [3.63, 3.8) is 0 Å². The Kier molecular flexibility index (Phi) is 3.02. The summed E-state index contributed by atoms with van der Waals surface area (Å²) in [7, 11) is 0. The van der Waals surface area contributed by atoms with E-state index in [1.54, 1.807) is 12.1 Å². The van der Waals surface area contributed by atoms with Gasteiger partial charge in [-0.2, -0.15) is 0 Å². The molecule has 1 rings (SSSR count). The molecule has 0 aliphatic carbocycles. The Morgan fingerprint density at radius 2 is 2.07 bits per heavy atom. The molecule has 14 heavy (non-hydrogen) atoms. The molecule has 0 radical (unpaired) electrons. The second-order valence-electron chi connectivity index (χ2n) is 3.47. The van der Waals surface area contributed by atoms with Gasteiger partial charge in [0.1, 0.15) is 0 Å². The Hall–Kier alpha value is -1.64. The summed E-state index contributed by atoms with van der Waals surface area (Å²) in [4.78, 5) is 10.2. The van der Waals surface area contributed by atoms with Crippen LogP contribution in [0.5, 0.6) is 0 Å². The molecule has 0 saturated heterocycles. The van der Waals surface area contributed by atoms with E-state index in [2.05, 4.69) is 6.58 Å². The van der Waals surface area contributed by atoms with Gasteiger partial charge in [0, 0.05) is 12.1 Å². The number of non-ortho nitro benzene ring substituents is 1. The molecule has 0 spiro atoms. The zero-order chi connectivity index (χ0) is 10.7. The minimum absolute atomic E-state index is 0.131. The number of nitro benzene ring substituents is 1. The zero-order valence-corrected chi connectivity index (χ0v) is 8.36.